The Morgan fingerprint density at radius 2 is 1.88 bits per heavy atom. The molecule has 0 radical (unpaired) electrons. The summed E-state index contributed by atoms with van der Waals surface area (Å²) in [6, 6.07) is 8.13. The van der Waals surface area contributed by atoms with Crippen LogP contribution in [0.25, 0.3) is 10.8 Å². The molecule has 0 spiro atoms. The molecule has 1 fully saturated rings. The Bertz CT molecular complexity index is 624. The van der Waals surface area contributed by atoms with E-state index in [4.69, 9.17) is 0 Å². The van der Waals surface area contributed by atoms with Gasteiger partial charge < -0.3 is 0 Å². The molecule has 1 saturated carbocycles. The molecule has 0 aliphatic heterocycles. The van der Waals surface area contributed by atoms with E-state index >= 15 is 0 Å². The van der Waals surface area contributed by atoms with E-state index in [1.807, 2.05) is 24.3 Å². The summed E-state index contributed by atoms with van der Waals surface area (Å²) in [6.07, 6.45) is 2.17. The molecule has 1 aromatic carbocycles. The van der Waals surface area contributed by atoms with E-state index in [1.54, 1.807) is 4.68 Å². The zero-order valence-electron chi connectivity index (χ0n) is 10.2. The van der Waals surface area contributed by atoms with Crippen LogP contribution in [-0.4, -0.2) is 9.78 Å². The Hall–Kier alpha value is -1.64. The van der Waals surface area contributed by atoms with Crippen LogP contribution in [0.2, 0.25) is 0 Å². The van der Waals surface area contributed by atoms with Gasteiger partial charge in [-0.2, -0.15) is 5.10 Å². The van der Waals surface area contributed by atoms with Gasteiger partial charge in [0.15, 0.2) is 0 Å². The van der Waals surface area contributed by atoms with Crippen molar-refractivity contribution in [1.82, 2.24) is 9.78 Å². The van der Waals surface area contributed by atoms with Crippen molar-refractivity contribution in [2.24, 2.45) is 0 Å². The van der Waals surface area contributed by atoms with Gasteiger partial charge in [0.05, 0.1) is 17.1 Å². The Kier molecular flexibility index (Phi) is 2.28. The van der Waals surface area contributed by atoms with E-state index in [1.165, 1.54) is 0 Å². The van der Waals surface area contributed by atoms with E-state index in [-0.39, 0.29) is 5.56 Å². The lowest BCUT2D eigenvalue weighted by molar-refractivity contribution is 0.581. The minimum Gasteiger partial charge on any atom is -0.267 e. The summed E-state index contributed by atoms with van der Waals surface area (Å²) < 4.78 is 1.69. The normalized spacial score (nSPS) is 15.7. The van der Waals surface area contributed by atoms with Crippen molar-refractivity contribution in [1.29, 1.82) is 0 Å². The van der Waals surface area contributed by atoms with E-state index < -0.39 is 0 Å². The van der Waals surface area contributed by atoms with E-state index in [2.05, 4.69) is 18.9 Å². The van der Waals surface area contributed by atoms with Crippen molar-refractivity contribution < 1.29 is 0 Å². The molecular weight excluding hydrogens is 212 g/mol. The SMILES string of the molecule is CC(C)c1nn(C2CC2)c(=O)c2ccccc12. The first kappa shape index (κ1) is 10.5. The van der Waals surface area contributed by atoms with Crippen LogP contribution in [-0.2, 0) is 0 Å². The van der Waals surface area contributed by atoms with Crippen molar-refractivity contribution in [2.75, 3.05) is 0 Å². The second-order valence-corrected chi connectivity index (χ2v) is 5.07. The predicted octanol–water partition coefficient (Wildman–Crippen LogP) is 2.85. The molecular formula is C14H16N2O. The lowest BCUT2D eigenvalue weighted by Gasteiger charge is -2.12. The predicted molar refractivity (Wildman–Crippen MR) is 68.4 cm³/mol. The lowest BCUT2D eigenvalue weighted by atomic mass is 10.0. The molecule has 3 heteroatoms. The maximum Gasteiger partial charge on any atom is 0.274 e. The maximum atomic E-state index is 12.3. The second-order valence-electron chi connectivity index (χ2n) is 5.07. The van der Waals surface area contributed by atoms with Gasteiger partial charge in [0, 0.05) is 5.39 Å². The van der Waals surface area contributed by atoms with Crippen LogP contribution in [0.4, 0.5) is 0 Å². The van der Waals surface area contributed by atoms with Crippen molar-refractivity contribution >= 4 is 10.8 Å². The molecule has 1 aliphatic rings. The van der Waals surface area contributed by atoms with Crippen LogP contribution in [0.1, 0.15) is 44.3 Å². The molecule has 0 amide bonds. The standard InChI is InChI=1S/C14H16N2O/c1-9(2)13-11-5-3-4-6-12(11)14(17)16(15-13)10-7-8-10/h3-6,9-10H,7-8H2,1-2H3. The highest BCUT2D eigenvalue weighted by atomic mass is 16.1. The molecule has 88 valence electrons. The van der Waals surface area contributed by atoms with Gasteiger partial charge in [-0.25, -0.2) is 4.68 Å². The molecule has 1 aromatic heterocycles. The summed E-state index contributed by atoms with van der Waals surface area (Å²) >= 11 is 0. The molecule has 0 atom stereocenters. The third-order valence-corrected chi connectivity index (χ3v) is 3.30. The van der Waals surface area contributed by atoms with Crippen LogP contribution in [0, 0.1) is 0 Å². The van der Waals surface area contributed by atoms with Crippen LogP contribution in [0.5, 0.6) is 0 Å². The third kappa shape index (κ3) is 1.66. The average Bonchev–Trinajstić information content (AvgIpc) is 3.13. The highest BCUT2D eigenvalue weighted by Crippen LogP contribution is 2.33. The Labute approximate surface area is 100 Å². The van der Waals surface area contributed by atoms with Gasteiger partial charge in [0.25, 0.3) is 5.56 Å². The number of rotatable bonds is 2. The molecule has 17 heavy (non-hydrogen) atoms. The smallest absolute Gasteiger partial charge is 0.267 e. The summed E-state index contributed by atoms with van der Waals surface area (Å²) in [5, 5.41) is 6.37. The van der Waals surface area contributed by atoms with Gasteiger partial charge in [-0.05, 0) is 24.8 Å². The summed E-state index contributed by atoms with van der Waals surface area (Å²) in [6.45, 7) is 4.24. The Morgan fingerprint density at radius 1 is 1.24 bits per heavy atom. The largest absolute Gasteiger partial charge is 0.274 e. The fourth-order valence-electron chi connectivity index (χ4n) is 2.22. The quantitative estimate of drug-likeness (QED) is 0.792. The fourth-order valence-corrected chi connectivity index (χ4v) is 2.22. The number of fused-ring (bicyclic) bond motifs is 1. The van der Waals surface area contributed by atoms with Gasteiger partial charge in [0.2, 0.25) is 0 Å². The minimum absolute atomic E-state index is 0.0625. The lowest BCUT2D eigenvalue weighted by Crippen LogP contribution is -2.24. The van der Waals surface area contributed by atoms with E-state index in [9.17, 15) is 4.79 Å². The van der Waals surface area contributed by atoms with Crippen LogP contribution in [0.3, 0.4) is 0 Å². The molecule has 3 nitrogen and oxygen atoms in total. The van der Waals surface area contributed by atoms with Gasteiger partial charge in [-0.1, -0.05) is 32.0 Å². The first-order valence-corrected chi connectivity index (χ1v) is 6.20. The van der Waals surface area contributed by atoms with Crippen molar-refractivity contribution in [3.8, 4) is 0 Å². The van der Waals surface area contributed by atoms with Crippen LogP contribution >= 0.6 is 0 Å². The molecule has 0 unspecified atom stereocenters. The van der Waals surface area contributed by atoms with Gasteiger partial charge >= 0.3 is 0 Å². The molecule has 0 bridgehead atoms. The van der Waals surface area contributed by atoms with Crippen LogP contribution < -0.4 is 5.56 Å². The number of aromatic nitrogens is 2. The van der Waals surface area contributed by atoms with E-state index in [0.717, 1.165) is 29.3 Å². The van der Waals surface area contributed by atoms with E-state index in [0.29, 0.717) is 12.0 Å². The molecule has 1 aliphatic carbocycles. The van der Waals surface area contributed by atoms with Crippen LogP contribution in [0.15, 0.2) is 29.1 Å². The van der Waals surface area contributed by atoms with Gasteiger partial charge in [0.1, 0.15) is 0 Å². The summed E-state index contributed by atoms with van der Waals surface area (Å²) in [4.78, 5) is 12.3. The molecule has 0 N–H and O–H groups in total. The number of hydrogen-bond donors (Lipinski definition) is 0. The van der Waals surface area contributed by atoms with Crippen molar-refractivity contribution in [3.63, 3.8) is 0 Å². The van der Waals surface area contributed by atoms with Gasteiger partial charge in [-0.3, -0.25) is 4.79 Å². The Balaban J connectivity index is 2.38. The molecule has 3 rings (SSSR count). The zero-order valence-corrected chi connectivity index (χ0v) is 10.2. The number of hydrogen-bond acceptors (Lipinski definition) is 2. The number of nitrogens with zero attached hydrogens (tertiary/aromatic N) is 2. The third-order valence-electron chi connectivity index (χ3n) is 3.30. The molecule has 2 aromatic rings. The Morgan fingerprint density at radius 3 is 2.47 bits per heavy atom. The summed E-state index contributed by atoms with van der Waals surface area (Å²) in [5.41, 5.74) is 1.10. The molecule has 0 saturated heterocycles. The minimum atomic E-state index is 0.0625. The maximum absolute atomic E-state index is 12.3. The average molecular weight is 228 g/mol. The summed E-state index contributed by atoms with van der Waals surface area (Å²) in [5.74, 6) is 0.338. The van der Waals surface area contributed by atoms with Crippen molar-refractivity contribution in [2.45, 2.75) is 38.6 Å². The highest BCUT2D eigenvalue weighted by molar-refractivity contribution is 5.83. The molecule has 1 heterocycles. The second kappa shape index (κ2) is 3.69. The van der Waals surface area contributed by atoms with Gasteiger partial charge in [-0.15, -0.1) is 0 Å². The number of benzene rings is 1. The topological polar surface area (TPSA) is 34.9 Å². The fraction of sp³-hybridized carbons (Fsp3) is 0.429. The zero-order chi connectivity index (χ0) is 12.0. The first-order chi connectivity index (χ1) is 8.18. The first-order valence-electron chi connectivity index (χ1n) is 6.20. The summed E-state index contributed by atoms with van der Waals surface area (Å²) in [7, 11) is 0. The highest BCUT2D eigenvalue weighted by Gasteiger charge is 2.27. The van der Waals surface area contributed by atoms with Crippen molar-refractivity contribution in [3.05, 3.63) is 40.3 Å². The monoisotopic (exact) mass is 228 g/mol.